The quantitative estimate of drug-likeness (QED) is 0.186. The lowest BCUT2D eigenvalue weighted by Gasteiger charge is -2.09. The van der Waals surface area contributed by atoms with E-state index in [9.17, 15) is 0 Å². The van der Waals surface area contributed by atoms with Gasteiger partial charge in [0.15, 0.2) is 10.2 Å². The SMILES string of the molecule is CC(=NNC(N)=S)c1ccc(OCCCOc2ccc(C(C)=NNC(N)=S)cc2)cc1. The van der Waals surface area contributed by atoms with Crippen molar-refractivity contribution in [2.24, 2.45) is 21.7 Å². The lowest BCUT2D eigenvalue weighted by molar-refractivity contribution is 0.247. The van der Waals surface area contributed by atoms with Gasteiger partial charge in [-0.2, -0.15) is 10.2 Å². The van der Waals surface area contributed by atoms with E-state index in [1.807, 2.05) is 62.4 Å². The van der Waals surface area contributed by atoms with E-state index in [2.05, 4.69) is 21.1 Å². The summed E-state index contributed by atoms with van der Waals surface area (Å²) >= 11 is 9.47. The Labute approximate surface area is 192 Å². The van der Waals surface area contributed by atoms with Crippen LogP contribution < -0.4 is 31.8 Å². The Morgan fingerprint density at radius 2 is 1.10 bits per heavy atom. The topological polar surface area (TPSA) is 119 Å². The first-order valence-electron chi connectivity index (χ1n) is 9.51. The molecule has 0 saturated carbocycles. The number of hydrogen-bond acceptors (Lipinski definition) is 6. The van der Waals surface area contributed by atoms with Gasteiger partial charge in [-0.1, -0.05) is 0 Å². The summed E-state index contributed by atoms with van der Waals surface area (Å²) in [6.45, 7) is 4.82. The fraction of sp³-hybridized carbons (Fsp3) is 0.238. The van der Waals surface area contributed by atoms with Crippen LogP contribution in [-0.2, 0) is 0 Å². The van der Waals surface area contributed by atoms with Gasteiger partial charge < -0.3 is 20.9 Å². The zero-order chi connectivity index (χ0) is 22.6. The Hall–Kier alpha value is -3.24. The molecule has 0 aliphatic carbocycles. The molecule has 0 atom stereocenters. The standard InChI is InChI=1S/C21H26N6O2S2/c1-14(24-26-20(22)30)16-4-8-18(9-5-16)28-12-3-13-29-19-10-6-17(7-11-19)15(2)25-27-21(23)31/h4-11H,3,12-13H2,1-2H3,(H3,22,26,30)(H3,23,27,31). The van der Waals surface area contributed by atoms with Gasteiger partial charge in [0.2, 0.25) is 0 Å². The summed E-state index contributed by atoms with van der Waals surface area (Å²) in [4.78, 5) is 0. The molecule has 6 N–H and O–H groups in total. The highest BCUT2D eigenvalue weighted by Crippen LogP contribution is 2.15. The van der Waals surface area contributed by atoms with Crippen LogP contribution in [0, 0.1) is 0 Å². The van der Waals surface area contributed by atoms with Crippen LogP contribution >= 0.6 is 24.4 Å². The highest BCUT2D eigenvalue weighted by Gasteiger charge is 2.01. The van der Waals surface area contributed by atoms with Gasteiger partial charge in [-0.3, -0.25) is 10.9 Å². The van der Waals surface area contributed by atoms with Gasteiger partial charge in [0, 0.05) is 6.42 Å². The first kappa shape index (κ1) is 24.0. The first-order valence-corrected chi connectivity index (χ1v) is 10.3. The molecule has 0 aliphatic rings. The second-order valence-electron chi connectivity index (χ2n) is 6.45. The molecule has 10 heteroatoms. The van der Waals surface area contributed by atoms with Crippen LogP contribution in [-0.4, -0.2) is 34.9 Å². The molecule has 0 unspecified atom stereocenters. The van der Waals surface area contributed by atoms with Crippen molar-refractivity contribution in [1.82, 2.24) is 10.9 Å². The van der Waals surface area contributed by atoms with E-state index in [-0.39, 0.29) is 10.2 Å². The number of rotatable bonds is 10. The van der Waals surface area contributed by atoms with Crippen molar-refractivity contribution in [3.8, 4) is 11.5 Å². The smallest absolute Gasteiger partial charge is 0.184 e. The molecule has 0 spiro atoms. The van der Waals surface area contributed by atoms with Crippen molar-refractivity contribution in [3.63, 3.8) is 0 Å². The Kier molecular flexibility index (Phi) is 9.66. The van der Waals surface area contributed by atoms with Crippen molar-refractivity contribution >= 4 is 46.1 Å². The maximum absolute atomic E-state index is 5.75. The van der Waals surface area contributed by atoms with Crippen LogP contribution in [0.1, 0.15) is 31.4 Å². The minimum atomic E-state index is 0.131. The van der Waals surface area contributed by atoms with E-state index in [4.69, 9.17) is 45.4 Å². The predicted octanol–water partition coefficient (Wildman–Crippen LogP) is 2.65. The summed E-state index contributed by atoms with van der Waals surface area (Å²) < 4.78 is 11.5. The maximum Gasteiger partial charge on any atom is 0.184 e. The number of hydrazone groups is 2. The molecule has 0 radical (unpaired) electrons. The molecule has 0 saturated heterocycles. The number of nitrogens with zero attached hydrogens (tertiary/aromatic N) is 2. The molecule has 2 rings (SSSR count). The van der Waals surface area contributed by atoms with E-state index < -0.39 is 0 Å². The van der Waals surface area contributed by atoms with Gasteiger partial charge in [0.05, 0.1) is 24.6 Å². The van der Waals surface area contributed by atoms with E-state index in [1.54, 1.807) is 0 Å². The third-order valence-electron chi connectivity index (χ3n) is 4.04. The second kappa shape index (κ2) is 12.5. The van der Waals surface area contributed by atoms with Crippen LogP contribution in [0.2, 0.25) is 0 Å². The Morgan fingerprint density at radius 3 is 1.42 bits per heavy atom. The largest absolute Gasteiger partial charge is 0.493 e. The van der Waals surface area contributed by atoms with Gasteiger partial charge in [0.1, 0.15) is 11.5 Å². The maximum atomic E-state index is 5.75. The molecule has 0 bridgehead atoms. The second-order valence-corrected chi connectivity index (χ2v) is 7.33. The summed E-state index contributed by atoms with van der Waals surface area (Å²) in [5.41, 5.74) is 19.3. The molecule has 164 valence electrons. The Balaban J connectivity index is 1.72. The molecule has 2 aromatic carbocycles. The van der Waals surface area contributed by atoms with Gasteiger partial charge >= 0.3 is 0 Å². The average molecular weight is 459 g/mol. The number of benzene rings is 2. The van der Waals surface area contributed by atoms with Crippen LogP contribution in [0.5, 0.6) is 11.5 Å². The van der Waals surface area contributed by atoms with Crippen molar-refractivity contribution in [3.05, 3.63) is 59.7 Å². The Bertz CT molecular complexity index is 866. The zero-order valence-corrected chi connectivity index (χ0v) is 19.1. The lowest BCUT2D eigenvalue weighted by Crippen LogP contribution is -2.25. The van der Waals surface area contributed by atoms with Crippen LogP contribution in [0.4, 0.5) is 0 Å². The molecule has 0 amide bonds. The van der Waals surface area contributed by atoms with E-state index >= 15 is 0 Å². The normalized spacial score (nSPS) is 11.5. The Morgan fingerprint density at radius 1 is 0.742 bits per heavy atom. The third-order valence-corrected chi connectivity index (χ3v) is 4.22. The monoisotopic (exact) mass is 458 g/mol. The highest BCUT2D eigenvalue weighted by atomic mass is 32.1. The zero-order valence-electron chi connectivity index (χ0n) is 17.4. The fourth-order valence-electron chi connectivity index (χ4n) is 2.43. The molecule has 0 aliphatic heterocycles. The molecule has 8 nitrogen and oxygen atoms in total. The summed E-state index contributed by atoms with van der Waals surface area (Å²) in [6.07, 6.45) is 0.750. The van der Waals surface area contributed by atoms with E-state index in [0.29, 0.717) is 13.2 Å². The van der Waals surface area contributed by atoms with E-state index in [1.165, 1.54) is 0 Å². The van der Waals surface area contributed by atoms with Crippen molar-refractivity contribution in [2.75, 3.05) is 13.2 Å². The number of ether oxygens (including phenoxy) is 2. The fourth-order valence-corrected chi connectivity index (χ4v) is 2.52. The number of thiocarbonyl (C=S) groups is 2. The van der Waals surface area contributed by atoms with Crippen molar-refractivity contribution in [1.29, 1.82) is 0 Å². The first-order chi connectivity index (χ1) is 14.8. The third kappa shape index (κ3) is 8.97. The minimum absolute atomic E-state index is 0.131. The number of nitrogens with two attached hydrogens (primary N) is 2. The molecule has 0 heterocycles. The molecule has 2 aromatic rings. The van der Waals surface area contributed by atoms with Crippen LogP contribution in [0.3, 0.4) is 0 Å². The molecule has 31 heavy (non-hydrogen) atoms. The molecular formula is C21H26N6O2S2. The van der Waals surface area contributed by atoms with Crippen molar-refractivity contribution in [2.45, 2.75) is 20.3 Å². The van der Waals surface area contributed by atoms with Gasteiger partial charge in [-0.15, -0.1) is 0 Å². The molecular weight excluding hydrogens is 432 g/mol. The van der Waals surface area contributed by atoms with Gasteiger partial charge in [-0.25, -0.2) is 0 Å². The summed E-state index contributed by atoms with van der Waals surface area (Å²) in [7, 11) is 0. The number of hydrogen-bond donors (Lipinski definition) is 4. The average Bonchev–Trinajstić information content (AvgIpc) is 2.76. The van der Waals surface area contributed by atoms with Gasteiger partial charge in [0.25, 0.3) is 0 Å². The summed E-state index contributed by atoms with van der Waals surface area (Å²) in [6, 6.07) is 15.3. The minimum Gasteiger partial charge on any atom is -0.493 e. The summed E-state index contributed by atoms with van der Waals surface area (Å²) in [5, 5.41) is 8.45. The molecule has 0 fully saturated rings. The van der Waals surface area contributed by atoms with E-state index in [0.717, 1.165) is 40.5 Å². The van der Waals surface area contributed by atoms with Crippen LogP contribution in [0.15, 0.2) is 58.7 Å². The summed E-state index contributed by atoms with van der Waals surface area (Å²) in [5.74, 6) is 1.56. The van der Waals surface area contributed by atoms with Crippen LogP contribution in [0.25, 0.3) is 0 Å². The molecule has 0 aromatic heterocycles. The predicted molar refractivity (Wildman–Crippen MR) is 133 cm³/mol. The number of nitrogens with one attached hydrogen (secondary N) is 2. The van der Waals surface area contributed by atoms with Gasteiger partial charge in [-0.05, 0) is 97.9 Å². The highest BCUT2D eigenvalue weighted by molar-refractivity contribution is 7.80. The van der Waals surface area contributed by atoms with Crippen molar-refractivity contribution < 1.29 is 9.47 Å². The lowest BCUT2D eigenvalue weighted by atomic mass is 10.1.